The smallest absolute Gasteiger partial charge is 0.165 e. The fourth-order valence-electron chi connectivity index (χ4n) is 2.50. The molecule has 2 aromatic carbocycles. The predicted octanol–water partition coefficient (Wildman–Crippen LogP) is 4.01. The molecular formula is C17H15IO2. The third-order valence-corrected chi connectivity index (χ3v) is 4.34. The highest BCUT2D eigenvalue weighted by Gasteiger charge is 2.21. The van der Waals surface area contributed by atoms with E-state index in [0.29, 0.717) is 13.0 Å². The third kappa shape index (κ3) is 3.10. The fourth-order valence-corrected chi connectivity index (χ4v) is 2.86. The van der Waals surface area contributed by atoms with E-state index in [0.717, 1.165) is 15.6 Å². The molecule has 0 saturated carbocycles. The molecule has 0 fully saturated rings. The summed E-state index contributed by atoms with van der Waals surface area (Å²) in [6.07, 6.45) is 1.28. The van der Waals surface area contributed by atoms with Gasteiger partial charge in [-0.3, -0.25) is 4.79 Å². The lowest BCUT2D eigenvalue weighted by Gasteiger charge is -2.24. The van der Waals surface area contributed by atoms with Crippen LogP contribution in [0.3, 0.4) is 0 Å². The lowest BCUT2D eigenvalue weighted by atomic mass is 9.95. The van der Waals surface area contributed by atoms with Crippen molar-refractivity contribution in [3.8, 4) is 0 Å². The van der Waals surface area contributed by atoms with E-state index in [1.165, 1.54) is 11.1 Å². The van der Waals surface area contributed by atoms with Crippen LogP contribution in [0.15, 0.2) is 48.5 Å². The molecule has 0 saturated heterocycles. The van der Waals surface area contributed by atoms with Crippen LogP contribution in [0.5, 0.6) is 0 Å². The van der Waals surface area contributed by atoms with Crippen LogP contribution in [0.4, 0.5) is 0 Å². The average molecular weight is 378 g/mol. The van der Waals surface area contributed by atoms with Crippen LogP contribution >= 0.6 is 22.6 Å². The van der Waals surface area contributed by atoms with Crippen LogP contribution in [0.2, 0.25) is 0 Å². The Hall–Kier alpha value is -1.20. The van der Waals surface area contributed by atoms with Crippen molar-refractivity contribution < 1.29 is 9.53 Å². The van der Waals surface area contributed by atoms with Gasteiger partial charge in [0.1, 0.15) is 0 Å². The maximum absolute atomic E-state index is 12.3. The maximum atomic E-state index is 12.3. The van der Waals surface area contributed by atoms with E-state index in [2.05, 4.69) is 34.7 Å². The van der Waals surface area contributed by atoms with Crippen molar-refractivity contribution in [1.29, 1.82) is 0 Å². The molecule has 1 aliphatic heterocycles. The largest absolute Gasteiger partial charge is 0.373 e. The number of carbonyl (C=O) groups excluding carboxylic acids is 1. The Balaban J connectivity index is 1.67. The molecule has 0 radical (unpaired) electrons. The van der Waals surface area contributed by atoms with Crippen LogP contribution in [-0.4, -0.2) is 11.9 Å². The number of ketones is 1. The van der Waals surface area contributed by atoms with Crippen LogP contribution in [0.1, 0.15) is 27.9 Å². The number of hydrogen-bond acceptors (Lipinski definition) is 2. The predicted molar refractivity (Wildman–Crippen MR) is 86.8 cm³/mol. The summed E-state index contributed by atoms with van der Waals surface area (Å²) in [5.74, 6) is 0.158. The van der Waals surface area contributed by atoms with E-state index in [9.17, 15) is 4.79 Å². The summed E-state index contributed by atoms with van der Waals surface area (Å²) in [4.78, 5) is 12.3. The number of benzene rings is 2. The molecule has 0 amide bonds. The Kier molecular flexibility index (Phi) is 4.17. The van der Waals surface area contributed by atoms with E-state index in [1.54, 1.807) is 0 Å². The Bertz CT molecular complexity index is 619. The normalized spacial score (nSPS) is 17.6. The van der Waals surface area contributed by atoms with Gasteiger partial charge in [0.25, 0.3) is 0 Å². The van der Waals surface area contributed by atoms with Crippen molar-refractivity contribution in [2.24, 2.45) is 0 Å². The molecule has 0 N–H and O–H groups in total. The highest BCUT2D eigenvalue weighted by Crippen LogP contribution is 2.23. The number of carbonyl (C=O) groups is 1. The zero-order valence-corrected chi connectivity index (χ0v) is 13.2. The summed E-state index contributed by atoms with van der Waals surface area (Å²) >= 11 is 2.24. The lowest BCUT2D eigenvalue weighted by molar-refractivity contribution is 0.0237. The maximum Gasteiger partial charge on any atom is 0.165 e. The van der Waals surface area contributed by atoms with Gasteiger partial charge in [0.15, 0.2) is 5.78 Å². The van der Waals surface area contributed by atoms with Gasteiger partial charge < -0.3 is 4.74 Å². The molecule has 3 heteroatoms. The van der Waals surface area contributed by atoms with E-state index in [-0.39, 0.29) is 11.9 Å². The highest BCUT2D eigenvalue weighted by molar-refractivity contribution is 14.1. The number of ether oxygens (including phenoxy) is 1. The first-order valence-corrected chi connectivity index (χ1v) is 7.77. The molecule has 102 valence electrons. The SMILES string of the molecule is O=C(C[C@@H]1Cc2ccccc2CO1)c1ccc(I)cc1. The molecule has 2 nitrogen and oxygen atoms in total. The van der Waals surface area contributed by atoms with E-state index >= 15 is 0 Å². The second-order valence-corrected chi connectivity index (χ2v) is 6.29. The van der Waals surface area contributed by atoms with Crippen molar-refractivity contribution in [2.45, 2.75) is 25.6 Å². The van der Waals surface area contributed by atoms with Crippen molar-refractivity contribution in [1.82, 2.24) is 0 Å². The molecule has 0 unspecified atom stereocenters. The average Bonchev–Trinajstić information content (AvgIpc) is 2.48. The molecule has 0 aliphatic carbocycles. The monoisotopic (exact) mass is 378 g/mol. The van der Waals surface area contributed by atoms with Gasteiger partial charge in [-0.2, -0.15) is 0 Å². The third-order valence-electron chi connectivity index (χ3n) is 3.62. The van der Waals surface area contributed by atoms with E-state index < -0.39 is 0 Å². The molecule has 3 rings (SSSR count). The Morgan fingerprint density at radius 2 is 1.80 bits per heavy atom. The van der Waals surface area contributed by atoms with E-state index in [1.807, 2.05) is 36.4 Å². The lowest BCUT2D eigenvalue weighted by Crippen LogP contribution is -2.25. The summed E-state index contributed by atoms with van der Waals surface area (Å²) in [5.41, 5.74) is 3.32. The van der Waals surface area contributed by atoms with Crippen LogP contribution in [0, 0.1) is 3.57 Å². The second kappa shape index (κ2) is 6.06. The fraction of sp³-hybridized carbons (Fsp3) is 0.235. The summed E-state index contributed by atoms with van der Waals surface area (Å²) in [5, 5.41) is 0. The minimum atomic E-state index is -0.00308. The molecule has 2 aromatic rings. The van der Waals surface area contributed by atoms with Crippen LogP contribution < -0.4 is 0 Å². The van der Waals surface area contributed by atoms with Gasteiger partial charge in [-0.1, -0.05) is 36.4 Å². The highest BCUT2D eigenvalue weighted by atomic mass is 127. The Labute approximate surface area is 132 Å². The van der Waals surface area contributed by atoms with Gasteiger partial charge in [0.05, 0.1) is 12.7 Å². The molecule has 1 atom stereocenters. The summed E-state index contributed by atoms with van der Waals surface area (Å²) in [7, 11) is 0. The number of rotatable bonds is 3. The standard InChI is InChI=1S/C17H15IO2/c18-15-7-5-12(6-8-15)17(19)10-16-9-13-3-1-2-4-14(13)11-20-16/h1-8,16H,9-11H2/t16-/m0/s1. The van der Waals surface area contributed by atoms with Crippen molar-refractivity contribution in [2.75, 3.05) is 0 Å². The van der Waals surface area contributed by atoms with Gasteiger partial charge in [-0.15, -0.1) is 0 Å². The molecule has 1 heterocycles. The molecule has 0 aromatic heterocycles. The van der Waals surface area contributed by atoms with E-state index in [4.69, 9.17) is 4.74 Å². The van der Waals surface area contributed by atoms with Crippen LogP contribution in [0.25, 0.3) is 0 Å². The van der Waals surface area contributed by atoms with Gasteiger partial charge in [-0.05, 0) is 52.3 Å². The molecule has 0 spiro atoms. The van der Waals surface area contributed by atoms with Gasteiger partial charge >= 0.3 is 0 Å². The second-order valence-electron chi connectivity index (χ2n) is 5.04. The van der Waals surface area contributed by atoms with Crippen molar-refractivity contribution >= 4 is 28.4 Å². The topological polar surface area (TPSA) is 26.3 Å². The summed E-state index contributed by atoms with van der Waals surface area (Å²) < 4.78 is 6.94. The summed E-state index contributed by atoms with van der Waals surface area (Å²) in [6.45, 7) is 0.612. The number of fused-ring (bicyclic) bond motifs is 1. The first-order valence-electron chi connectivity index (χ1n) is 6.69. The Morgan fingerprint density at radius 3 is 2.55 bits per heavy atom. The number of Topliss-reactive ketones (excluding diaryl/α,β-unsaturated/α-hetero) is 1. The van der Waals surface area contributed by atoms with Crippen molar-refractivity contribution in [3.63, 3.8) is 0 Å². The minimum absolute atomic E-state index is 0.00308. The zero-order valence-electron chi connectivity index (χ0n) is 11.0. The first-order chi connectivity index (χ1) is 9.72. The molecular weight excluding hydrogens is 363 g/mol. The number of hydrogen-bond donors (Lipinski definition) is 0. The van der Waals surface area contributed by atoms with Gasteiger partial charge in [-0.25, -0.2) is 0 Å². The number of halogens is 1. The Morgan fingerprint density at radius 1 is 1.10 bits per heavy atom. The molecule has 20 heavy (non-hydrogen) atoms. The molecule has 0 bridgehead atoms. The quantitative estimate of drug-likeness (QED) is 0.596. The zero-order chi connectivity index (χ0) is 13.9. The minimum Gasteiger partial charge on any atom is -0.373 e. The van der Waals surface area contributed by atoms with Gasteiger partial charge in [0, 0.05) is 15.6 Å². The van der Waals surface area contributed by atoms with Gasteiger partial charge in [0.2, 0.25) is 0 Å². The summed E-state index contributed by atoms with van der Waals surface area (Å²) in [6, 6.07) is 16.0. The first kappa shape index (κ1) is 13.8. The van der Waals surface area contributed by atoms with Crippen LogP contribution in [-0.2, 0) is 17.8 Å². The molecule has 1 aliphatic rings. The van der Waals surface area contributed by atoms with Crippen molar-refractivity contribution in [3.05, 3.63) is 68.8 Å².